The number of nitrogens with zero attached hydrogens (tertiary/aromatic N) is 5. The number of aliphatic hydroxyl groups is 2. The van der Waals surface area contributed by atoms with E-state index in [4.69, 9.17) is 20.2 Å². The van der Waals surface area contributed by atoms with Crippen LogP contribution in [0.5, 0.6) is 0 Å². The second kappa shape index (κ2) is 9.86. The number of fused-ring (bicyclic) bond motifs is 2. The van der Waals surface area contributed by atoms with Gasteiger partial charge < -0.3 is 45.5 Å². The van der Waals surface area contributed by atoms with Gasteiger partial charge in [-0.15, -0.1) is 0 Å². The molecule has 3 aromatic rings. The number of nitrogens with two attached hydrogens (primary N) is 1. The van der Waals surface area contributed by atoms with Crippen molar-refractivity contribution in [2.24, 2.45) is 5.92 Å². The summed E-state index contributed by atoms with van der Waals surface area (Å²) in [4.78, 5) is 20.7. The Bertz CT molecular complexity index is 1340. The summed E-state index contributed by atoms with van der Waals surface area (Å²) >= 11 is 0. The maximum Gasteiger partial charge on any atom is 0.162 e. The molecule has 2 aromatic heterocycles. The summed E-state index contributed by atoms with van der Waals surface area (Å²) < 4.78 is 11.5. The lowest BCUT2D eigenvalue weighted by Gasteiger charge is -2.42. The van der Waals surface area contributed by atoms with E-state index in [-0.39, 0.29) is 0 Å². The van der Waals surface area contributed by atoms with Crippen LogP contribution >= 0.6 is 0 Å². The Morgan fingerprint density at radius 2 is 2.03 bits per heavy atom. The van der Waals surface area contributed by atoms with Gasteiger partial charge in [0.1, 0.15) is 36.2 Å². The molecule has 6 N–H and O–H groups in total. The van der Waals surface area contributed by atoms with Gasteiger partial charge in [0.05, 0.1) is 30.9 Å². The van der Waals surface area contributed by atoms with E-state index < -0.39 is 24.5 Å². The predicted octanol–water partition coefficient (Wildman–Crippen LogP) is 1.03. The molecule has 4 aliphatic rings. The summed E-state index contributed by atoms with van der Waals surface area (Å²) in [6.07, 6.45) is 2.40. The molecule has 1 aromatic carbocycles. The van der Waals surface area contributed by atoms with E-state index in [1.165, 1.54) is 11.9 Å². The predicted molar refractivity (Wildman–Crippen MR) is 145 cm³/mol. The number of H-pyrrole nitrogens is 1. The first-order chi connectivity index (χ1) is 18.9. The highest BCUT2D eigenvalue weighted by Gasteiger charge is 2.48. The highest BCUT2D eigenvalue weighted by Crippen LogP contribution is 2.39. The zero-order chi connectivity index (χ0) is 26.7. The van der Waals surface area contributed by atoms with Crippen LogP contribution in [0.4, 0.5) is 17.3 Å². The van der Waals surface area contributed by atoms with Gasteiger partial charge in [-0.25, -0.2) is 15.0 Å². The maximum atomic E-state index is 10.8. The van der Waals surface area contributed by atoms with E-state index in [0.717, 1.165) is 55.8 Å². The van der Waals surface area contributed by atoms with Crippen LogP contribution in [0.1, 0.15) is 36.6 Å². The SMILES string of the molecule is CN(C[C@H]1O[C@@H](N2CNc3c(N)ncnc32)[C@H](O)[C@@H]1O)C1CC(CCc2nc3ccc(C4COC4)cc3[nH]2)C1. The lowest BCUT2D eigenvalue weighted by atomic mass is 9.76. The number of aromatic nitrogens is 4. The number of ether oxygens (including phenoxy) is 2. The van der Waals surface area contributed by atoms with Crippen molar-refractivity contribution < 1.29 is 19.7 Å². The van der Waals surface area contributed by atoms with Crippen molar-refractivity contribution in [2.45, 2.75) is 62.2 Å². The first kappa shape index (κ1) is 25.0. The smallest absolute Gasteiger partial charge is 0.162 e. The normalized spacial score (nSPS) is 30.4. The molecule has 7 rings (SSSR count). The van der Waals surface area contributed by atoms with E-state index in [1.54, 1.807) is 4.90 Å². The fourth-order valence-corrected chi connectivity index (χ4v) is 6.31. The average molecular weight is 537 g/mol. The molecular formula is C27H36N8O4. The Labute approximate surface area is 226 Å². The number of nitrogens with one attached hydrogen (secondary N) is 2. The third-order valence-electron chi connectivity index (χ3n) is 8.96. The largest absolute Gasteiger partial charge is 0.387 e. The molecule has 0 radical (unpaired) electrons. The molecule has 2 saturated heterocycles. The third kappa shape index (κ3) is 4.49. The Hall–Kier alpha value is -3.03. The van der Waals surface area contributed by atoms with Crippen LogP contribution in [0.3, 0.4) is 0 Å². The summed E-state index contributed by atoms with van der Waals surface area (Å²) in [7, 11) is 2.07. The fraction of sp³-hybridized carbons (Fsp3) is 0.593. The van der Waals surface area contributed by atoms with Crippen molar-refractivity contribution in [1.82, 2.24) is 24.8 Å². The quantitative estimate of drug-likeness (QED) is 0.280. The van der Waals surface area contributed by atoms with E-state index in [1.807, 2.05) is 0 Å². The minimum absolute atomic E-state index is 0.348. The van der Waals surface area contributed by atoms with Gasteiger partial charge in [0.2, 0.25) is 0 Å². The van der Waals surface area contributed by atoms with Crippen LogP contribution in [0.25, 0.3) is 11.0 Å². The summed E-state index contributed by atoms with van der Waals surface area (Å²) in [6, 6.07) is 6.94. The molecule has 0 amide bonds. The summed E-state index contributed by atoms with van der Waals surface area (Å²) in [6.45, 7) is 2.55. The molecule has 0 spiro atoms. The Kier molecular flexibility index (Phi) is 6.31. The van der Waals surface area contributed by atoms with Crippen molar-refractivity contribution >= 4 is 28.4 Å². The molecule has 1 saturated carbocycles. The Morgan fingerprint density at radius 1 is 1.18 bits per heavy atom. The van der Waals surface area contributed by atoms with Crippen molar-refractivity contribution in [3.8, 4) is 0 Å². The molecule has 1 aliphatic carbocycles. The number of aromatic amines is 1. The lowest BCUT2D eigenvalue weighted by Crippen LogP contribution is -2.47. The molecule has 0 unspecified atom stereocenters. The minimum Gasteiger partial charge on any atom is -0.387 e. The molecule has 5 heterocycles. The monoisotopic (exact) mass is 536 g/mol. The number of anilines is 3. The number of nitrogen functional groups attached to an aromatic ring is 1. The number of hydrogen-bond acceptors (Lipinski definition) is 11. The van der Waals surface area contributed by atoms with Gasteiger partial charge >= 0.3 is 0 Å². The van der Waals surface area contributed by atoms with Gasteiger partial charge in [0.25, 0.3) is 0 Å². The van der Waals surface area contributed by atoms with Crippen LogP contribution in [0.15, 0.2) is 24.5 Å². The van der Waals surface area contributed by atoms with Gasteiger partial charge in [-0.2, -0.15) is 0 Å². The highest BCUT2D eigenvalue weighted by molar-refractivity contribution is 5.80. The number of benzene rings is 1. The number of aryl methyl sites for hydroxylation is 1. The summed E-state index contributed by atoms with van der Waals surface area (Å²) in [5, 5.41) is 24.7. The van der Waals surface area contributed by atoms with E-state index in [0.29, 0.717) is 48.4 Å². The standard InChI is InChI=1S/C27H36N8O4/c1-34(9-20-23(36)24(37)27(39-20)35-13-31-22-25(28)29-12-30-26(22)35)17-6-14(7-17)2-5-21-32-18-4-3-15(8-19(18)33-21)16-10-38-11-16/h3-4,8,12,14,16-17,20,23-24,27,31,36-37H,2,5-7,9-11,13H2,1H3,(H,32,33)(H2,28,29,30)/t14?,17?,20-,23-,24-,27-/m1/s1. The molecule has 0 bridgehead atoms. The zero-order valence-electron chi connectivity index (χ0n) is 22.0. The van der Waals surface area contributed by atoms with E-state index in [2.05, 4.69) is 50.4 Å². The van der Waals surface area contributed by atoms with E-state index in [9.17, 15) is 10.2 Å². The summed E-state index contributed by atoms with van der Waals surface area (Å²) in [5.74, 6) is 3.14. The van der Waals surface area contributed by atoms with Crippen molar-refractivity contribution in [2.75, 3.05) is 49.4 Å². The van der Waals surface area contributed by atoms with Gasteiger partial charge in [0, 0.05) is 24.9 Å². The van der Waals surface area contributed by atoms with Gasteiger partial charge in [-0.05, 0) is 49.9 Å². The number of rotatable bonds is 8. The van der Waals surface area contributed by atoms with Crippen molar-refractivity contribution in [1.29, 1.82) is 0 Å². The molecule has 12 nitrogen and oxygen atoms in total. The van der Waals surface area contributed by atoms with Crippen molar-refractivity contribution in [3.63, 3.8) is 0 Å². The van der Waals surface area contributed by atoms with Crippen molar-refractivity contribution in [3.05, 3.63) is 35.9 Å². The Morgan fingerprint density at radius 3 is 2.82 bits per heavy atom. The molecule has 3 aliphatic heterocycles. The summed E-state index contributed by atoms with van der Waals surface area (Å²) in [5.41, 5.74) is 10.0. The zero-order valence-corrected chi connectivity index (χ0v) is 22.0. The molecule has 12 heteroatoms. The fourth-order valence-electron chi connectivity index (χ4n) is 6.31. The maximum absolute atomic E-state index is 10.8. The Balaban J connectivity index is 0.898. The second-order valence-electron chi connectivity index (χ2n) is 11.5. The van der Waals surface area contributed by atoms with Gasteiger partial charge in [-0.1, -0.05) is 6.07 Å². The minimum atomic E-state index is -1.05. The van der Waals surface area contributed by atoms with Gasteiger partial charge in [0.15, 0.2) is 17.9 Å². The van der Waals surface area contributed by atoms with Crippen LogP contribution < -0.4 is 16.0 Å². The average Bonchev–Trinajstić information content (AvgIpc) is 3.54. The third-order valence-corrected chi connectivity index (χ3v) is 8.96. The highest BCUT2D eigenvalue weighted by atomic mass is 16.6. The first-order valence-electron chi connectivity index (χ1n) is 13.8. The van der Waals surface area contributed by atoms with E-state index >= 15 is 0 Å². The van der Waals surface area contributed by atoms with Crippen LogP contribution in [-0.4, -0.2) is 99.1 Å². The van der Waals surface area contributed by atoms with Crippen LogP contribution in [0, 0.1) is 5.92 Å². The molecule has 39 heavy (non-hydrogen) atoms. The van der Waals surface area contributed by atoms with Crippen LogP contribution in [-0.2, 0) is 15.9 Å². The number of aliphatic hydroxyl groups excluding tert-OH is 2. The molecule has 4 atom stereocenters. The lowest BCUT2D eigenvalue weighted by molar-refractivity contribution is -0.0257. The number of imidazole rings is 1. The number of likely N-dealkylation sites (N-methyl/N-ethyl adjacent to an activating group) is 1. The molecule has 3 fully saturated rings. The topological polar surface area (TPSA) is 158 Å². The van der Waals surface area contributed by atoms with Crippen LogP contribution in [0.2, 0.25) is 0 Å². The first-order valence-corrected chi connectivity index (χ1v) is 13.8. The van der Waals surface area contributed by atoms with Gasteiger partial charge in [-0.3, -0.25) is 0 Å². The number of hydrogen-bond donors (Lipinski definition) is 5. The molecule has 208 valence electrons. The second-order valence-corrected chi connectivity index (χ2v) is 11.5. The molecular weight excluding hydrogens is 500 g/mol.